The maximum atomic E-state index is 11.0. The van der Waals surface area contributed by atoms with Crippen LogP contribution in [0.1, 0.15) is 12.0 Å². The number of aromatic hydroxyl groups is 1. The Morgan fingerprint density at radius 3 is 2.69 bits per heavy atom. The number of ether oxygens (including phenoxy) is 2. The Balaban J connectivity index is 2.30. The van der Waals surface area contributed by atoms with E-state index in [-0.39, 0.29) is 5.75 Å². The third-order valence-electron chi connectivity index (χ3n) is 1.79. The Hall–Kier alpha value is -1.33. The first-order valence-electron chi connectivity index (χ1n) is 3.93. The molecule has 2 rings (SSSR count). The summed E-state index contributed by atoms with van der Waals surface area (Å²) >= 11 is 0. The standard InChI is InChI=1S/C8H9NO4/c10-6-2-1-5(9-7(6)11)8-12-3-4-13-8/h1-2,8,10H,3-4H2,(H,9,11). The second kappa shape index (κ2) is 3.20. The number of hydrogen-bond donors (Lipinski definition) is 2. The van der Waals surface area contributed by atoms with Gasteiger partial charge in [-0.25, -0.2) is 0 Å². The zero-order valence-corrected chi connectivity index (χ0v) is 6.82. The molecular formula is C8H9NO4. The zero-order valence-electron chi connectivity index (χ0n) is 6.82. The van der Waals surface area contributed by atoms with Crippen LogP contribution in [-0.2, 0) is 9.47 Å². The van der Waals surface area contributed by atoms with Gasteiger partial charge in [0.25, 0.3) is 5.56 Å². The van der Waals surface area contributed by atoms with Gasteiger partial charge in [0.1, 0.15) is 0 Å². The van der Waals surface area contributed by atoms with Crippen molar-refractivity contribution in [3.63, 3.8) is 0 Å². The van der Waals surface area contributed by atoms with Gasteiger partial charge in [0.15, 0.2) is 12.0 Å². The van der Waals surface area contributed by atoms with E-state index in [0.717, 1.165) is 0 Å². The molecule has 70 valence electrons. The van der Waals surface area contributed by atoms with Crippen LogP contribution >= 0.6 is 0 Å². The molecule has 1 fully saturated rings. The minimum atomic E-state index is -0.531. The fraction of sp³-hybridized carbons (Fsp3) is 0.375. The second-order valence-corrected chi connectivity index (χ2v) is 2.70. The van der Waals surface area contributed by atoms with Crippen LogP contribution in [0.15, 0.2) is 16.9 Å². The number of H-pyrrole nitrogens is 1. The number of aromatic amines is 1. The third kappa shape index (κ3) is 1.56. The van der Waals surface area contributed by atoms with Crippen LogP contribution < -0.4 is 5.56 Å². The zero-order chi connectivity index (χ0) is 9.26. The molecule has 2 N–H and O–H groups in total. The van der Waals surface area contributed by atoms with Gasteiger partial charge in [-0.05, 0) is 12.1 Å². The lowest BCUT2D eigenvalue weighted by molar-refractivity contribution is -0.0474. The summed E-state index contributed by atoms with van der Waals surface area (Å²) in [6.07, 6.45) is -0.506. The molecule has 5 heteroatoms. The van der Waals surface area contributed by atoms with Crippen molar-refractivity contribution in [2.45, 2.75) is 6.29 Å². The van der Waals surface area contributed by atoms with Crippen LogP contribution in [0.2, 0.25) is 0 Å². The van der Waals surface area contributed by atoms with E-state index in [1.165, 1.54) is 6.07 Å². The van der Waals surface area contributed by atoms with Crippen molar-refractivity contribution in [1.29, 1.82) is 0 Å². The minimum Gasteiger partial charge on any atom is -0.503 e. The molecule has 0 atom stereocenters. The van der Waals surface area contributed by atoms with Gasteiger partial charge in [-0.15, -0.1) is 0 Å². The average molecular weight is 183 g/mol. The van der Waals surface area contributed by atoms with Gasteiger partial charge in [0.2, 0.25) is 0 Å². The van der Waals surface area contributed by atoms with Gasteiger partial charge in [-0.1, -0.05) is 0 Å². The monoisotopic (exact) mass is 183 g/mol. The molecule has 0 spiro atoms. The number of nitrogens with one attached hydrogen (secondary N) is 1. The van der Waals surface area contributed by atoms with E-state index in [2.05, 4.69) is 4.98 Å². The van der Waals surface area contributed by atoms with E-state index >= 15 is 0 Å². The Labute approximate surface area is 73.9 Å². The highest BCUT2D eigenvalue weighted by atomic mass is 16.7. The quantitative estimate of drug-likeness (QED) is 0.649. The number of aromatic nitrogens is 1. The van der Waals surface area contributed by atoms with E-state index in [1.807, 2.05) is 0 Å². The predicted molar refractivity (Wildman–Crippen MR) is 43.4 cm³/mol. The van der Waals surface area contributed by atoms with Crippen LogP contribution in [-0.4, -0.2) is 23.3 Å². The lowest BCUT2D eigenvalue weighted by atomic mass is 10.3. The summed E-state index contributed by atoms with van der Waals surface area (Å²) in [7, 11) is 0. The molecule has 0 aliphatic carbocycles. The van der Waals surface area contributed by atoms with Gasteiger partial charge < -0.3 is 19.6 Å². The van der Waals surface area contributed by atoms with Crippen LogP contribution in [0.3, 0.4) is 0 Å². The van der Waals surface area contributed by atoms with Crippen LogP contribution in [0, 0.1) is 0 Å². The molecule has 1 aliphatic rings. The highest BCUT2D eigenvalue weighted by Crippen LogP contribution is 2.20. The molecule has 1 aromatic rings. The van der Waals surface area contributed by atoms with Crippen LogP contribution in [0.25, 0.3) is 0 Å². The molecule has 1 aliphatic heterocycles. The molecule has 0 amide bonds. The van der Waals surface area contributed by atoms with Crippen molar-refractivity contribution in [1.82, 2.24) is 4.98 Å². The van der Waals surface area contributed by atoms with Gasteiger partial charge in [-0.2, -0.15) is 0 Å². The highest BCUT2D eigenvalue weighted by molar-refractivity contribution is 5.19. The normalized spacial score (nSPS) is 17.8. The van der Waals surface area contributed by atoms with Gasteiger partial charge in [0, 0.05) is 0 Å². The Morgan fingerprint density at radius 2 is 2.08 bits per heavy atom. The van der Waals surface area contributed by atoms with Crippen molar-refractivity contribution < 1.29 is 14.6 Å². The molecule has 0 radical (unpaired) electrons. The largest absolute Gasteiger partial charge is 0.503 e. The average Bonchev–Trinajstić information content (AvgIpc) is 2.62. The van der Waals surface area contributed by atoms with Crippen molar-refractivity contribution >= 4 is 0 Å². The van der Waals surface area contributed by atoms with E-state index in [4.69, 9.17) is 14.6 Å². The molecule has 0 unspecified atom stereocenters. The maximum absolute atomic E-state index is 11.0. The molecule has 2 heterocycles. The summed E-state index contributed by atoms with van der Waals surface area (Å²) in [6, 6.07) is 2.88. The first-order valence-corrected chi connectivity index (χ1v) is 3.93. The smallest absolute Gasteiger partial charge is 0.290 e. The van der Waals surface area contributed by atoms with Gasteiger partial charge in [0.05, 0.1) is 18.9 Å². The molecule has 0 saturated carbocycles. The molecular weight excluding hydrogens is 174 g/mol. The number of pyridine rings is 1. The van der Waals surface area contributed by atoms with Gasteiger partial charge >= 0.3 is 0 Å². The summed E-state index contributed by atoms with van der Waals surface area (Å²) in [5.74, 6) is -0.304. The van der Waals surface area contributed by atoms with E-state index in [9.17, 15) is 4.79 Å². The lowest BCUT2D eigenvalue weighted by Gasteiger charge is -2.07. The van der Waals surface area contributed by atoms with E-state index in [0.29, 0.717) is 18.9 Å². The number of rotatable bonds is 1. The van der Waals surface area contributed by atoms with E-state index in [1.54, 1.807) is 6.07 Å². The topological polar surface area (TPSA) is 71.6 Å². The number of hydrogen-bond acceptors (Lipinski definition) is 4. The third-order valence-corrected chi connectivity index (χ3v) is 1.79. The summed E-state index contributed by atoms with van der Waals surface area (Å²) in [5, 5.41) is 8.96. The molecule has 13 heavy (non-hydrogen) atoms. The fourth-order valence-corrected chi connectivity index (χ4v) is 1.16. The van der Waals surface area contributed by atoms with Crippen molar-refractivity contribution in [2.75, 3.05) is 13.2 Å². The van der Waals surface area contributed by atoms with Crippen molar-refractivity contribution in [2.24, 2.45) is 0 Å². The van der Waals surface area contributed by atoms with Crippen LogP contribution in [0.4, 0.5) is 0 Å². The van der Waals surface area contributed by atoms with Crippen molar-refractivity contribution in [3.05, 3.63) is 28.2 Å². The molecule has 1 saturated heterocycles. The minimum absolute atomic E-state index is 0.304. The SMILES string of the molecule is O=c1[nH]c(C2OCCO2)ccc1O. The molecule has 0 bridgehead atoms. The summed E-state index contributed by atoms with van der Waals surface area (Å²) in [5.41, 5.74) is -0.00287. The van der Waals surface area contributed by atoms with E-state index < -0.39 is 11.8 Å². The van der Waals surface area contributed by atoms with Gasteiger partial charge in [-0.3, -0.25) is 4.79 Å². The first-order chi connectivity index (χ1) is 6.27. The Morgan fingerprint density at radius 1 is 1.38 bits per heavy atom. The summed E-state index contributed by atoms with van der Waals surface area (Å²) in [4.78, 5) is 13.4. The highest BCUT2D eigenvalue weighted by Gasteiger charge is 2.19. The summed E-state index contributed by atoms with van der Waals surface area (Å²) < 4.78 is 10.3. The molecule has 5 nitrogen and oxygen atoms in total. The van der Waals surface area contributed by atoms with Crippen LogP contribution in [0.5, 0.6) is 5.75 Å². The Bertz CT molecular complexity index is 353. The lowest BCUT2D eigenvalue weighted by Crippen LogP contribution is -2.11. The van der Waals surface area contributed by atoms with Crippen molar-refractivity contribution in [3.8, 4) is 5.75 Å². The Kier molecular flexibility index (Phi) is 2.03. The molecule has 0 aromatic carbocycles. The second-order valence-electron chi connectivity index (χ2n) is 2.70. The maximum Gasteiger partial charge on any atom is 0.290 e. The molecule has 1 aromatic heterocycles. The summed E-state index contributed by atoms with van der Waals surface area (Å²) in [6.45, 7) is 1.04. The fourth-order valence-electron chi connectivity index (χ4n) is 1.16. The predicted octanol–water partition coefficient (Wildman–Crippen LogP) is 0.126. The first kappa shape index (κ1) is 8.28.